The van der Waals surface area contributed by atoms with Gasteiger partial charge in [-0.05, 0) is 6.08 Å². The lowest BCUT2D eigenvalue weighted by Gasteiger charge is -2.23. The van der Waals surface area contributed by atoms with Crippen LogP contribution in [0.4, 0.5) is 0 Å². The van der Waals surface area contributed by atoms with E-state index in [-0.39, 0.29) is 0 Å². The predicted molar refractivity (Wildman–Crippen MR) is 42.0 cm³/mol. The Hall–Kier alpha value is -0.243. The van der Waals surface area contributed by atoms with E-state index in [0.717, 1.165) is 6.42 Å². The molecule has 0 N–H and O–H groups in total. The van der Waals surface area contributed by atoms with Crippen LogP contribution in [0.5, 0.6) is 0 Å². The fourth-order valence-electron chi connectivity index (χ4n) is 0.943. The topological polar surface area (TPSA) is 9.23 Å². The third-order valence-electron chi connectivity index (χ3n) is 1.66. The molecular formula is C7H14OSi. The van der Waals surface area contributed by atoms with Gasteiger partial charge in [-0.1, -0.05) is 19.6 Å². The van der Waals surface area contributed by atoms with Crippen molar-refractivity contribution in [2.75, 3.05) is 0 Å². The van der Waals surface area contributed by atoms with E-state index in [1.807, 2.05) is 6.26 Å². The fraction of sp³-hybridized carbons (Fsp3) is 0.714. The maximum Gasteiger partial charge on any atom is 0.0936 e. The summed E-state index contributed by atoms with van der Waals surface area (Å²) in [5.41, 5.74) is 0.539. The zero-order valence-corrected chi connectivity index (χ0v) is 7.35. The lowest BCUT2D eigenvalue weighted by molar-refractivity contribution is 0.233. The van der Waals surface area contributed by atoms with E-state index in [1.54, 1.807) is 0 Å². The van der Waals surface area contributed by atoms with Gasteiger partial charge < -0.3 is 4.74 Å². The van der Waals surface area contributed by atoms with E-state index in [9.17, 15) is 0 Å². The largest absolute Gasteiger partial charge is 0.502 e. The first-order valence-electron chi connectivity index (χ1n) is 3.41. The lowest BCUT2D eigenvalue weighted by atomic mass is 10.5. The molecule has 52 valence electrons. The van der Waals surface area contributed by atoms with E-state index in [2.05, 4.69) is 25.7 Å². The second-order valence-corrected chi connectivity index (χ2v) is 8.97. The first kappa shape index (κ1) is 6.87. The summed E-state index contributed by atoms with van der Waals surface area (Å²) in [6, 6.07) is 0. The van der Waals surface area contributed by atoms with Gasteiger partial charge in [0, 0.05) is 6.42 Å². The van der Waals surface area contributed by atoms with Crippen molar-refractivity contribution < 1.29 is 4.74 Å². The Bertz CT molecular complexity index is 115. The molecule has 1 unspecified atom stereocenters. The molecule has 0 spiro atoms. The molecular weight excluding hydrogens is 128 g/mol. The summed E-state index contributed by atoms with van der Waals surface area (Å²) in [6.07, 6.45) is 5.08. The monoisotopic (exact) mass is 142 g/mol. The first-order chi connectivity index (χ1) is 4.11. The van der Waals surface area contributed by atoms with Gasteiger partial charge in [0.1, 0.15) is 0 Å². The van der Waals surface area contributed by atoms with Gasteiger partial charge in [0.25, 0.3) is 0 Å². The molecule has 1 nitrogen and oxygen atoms in total. The average molecular weight is 142 g/mol. The molecule has 1 heterocycles. The third-order valence-corrected chi connectivity index (χ3v) is 3.96. The summed E-state index contributed by atoms with van der Waals surface area (Å²) in [5.74, 6) is 0. The molecule has 1 rings (SSSR count). The molecule has 0 bridgehead atoms. The van der Waals surface area contributed by atoms with Gasteiger partial charge in [0.2, 0.25) is 0 Å². The molecule has 0 fully saturated rings. The number of rotatable bonds is 1. The summed E-state index contributed by atoms with van der Waals surface area (Å²) in [5, 5.41) is 0. The third kappa shape index (κ3) is 1.58. The average Bonchev–Trinajstić information content (AvgIpc) is 2.08. The quantitative estimate of drug-likeness (QED) is 0.510. The van der Waals surface area contributed by atoms with Gasteiger partial charge in [0.05, 0.1) is 20.1 Å². The van der Waals surface area contributed by atoms with Gasteiger partial charge in [-0.25, -0.2) is 0 Å². The molecule has 0 aromatic rings. The molecule has 2 heteroatoms. The Morgan fingerprint density at radius 2 is 2.11 bits per heavy atom. The molecule has 1 atom stereocenters. The molecule has 0 aromatic carbocycles. The molecule has 0 amide bonds. The van der Waals surface area contributed by atoms with Crippen LogP contribution in [0.1, 0.15) is 6.42 Å². The van der Waals surface area contributed by atoms with E-state index < -0.39 is 8.07 Å². The molecule has 0 aliphatic carbocycles. The van der Waals surface area contributed by atoms with Crippen LogP contribution in [0.25, 0.3) is 0 Å². The van der Waals surface area contributed by atoms with Gasteiger partial charge in [-0.15, -0.1) is 0 Å². The second kappa shape index (κ2) is 2.18. The summed E-state index contributed by atoms with van der Waals surface area (Å²) >= 11 is 0. The Morgan fingerprint density at radius 3 is 2.33 bits per heavy atom. The summed E-state index contributed by atoms with van der Waals surface area (Å²) in [6.45, 7) is 7.01. The summed E-state index contributed by atoms with van der Waals surface area (Å²) in [7, 11) is -1.01. The standard InChI is InChI=1S/C7H14OSi/c1-9(2,3)7-5-4-6-8-7/h4,6-7H,5H2,1-3H3. The van der Waals surface area contributed by atoms with Crippen molar-refractivity contribution in [2.24, 2.45) is 0 Å². The molecule has 0 saturated carbocycles. The maximum absolute atomic E-state index is 5.40. The molecule has 1 aliphatic rings. The van der Waals surface area contributed by atoms with Gasteiger partial charge >= 0.3 is 0 Å². The van der Waals surface area contributed by atoms with E-state index in [0.29, 0.717) is 5.73 Å². The van der Waals surface area contributed by atoms with Crippen molar-refractivity contribution in [3.05, 3.63) is 12.3 Å². The normalized spacial score (nSPS) is 26.3. The highest BCUT2D eigenvalue weighted by Gasteiger charge is 2.28. The van der Waals surface area contributed by atoms with Crippen LogP contribution in [0, 0.1) is 0 Å². The highest BCUT2D eigenvalue weighted by atomic mass is 28.3. The van der Waals surface area contributed by atoms with Crippen LogP contribution in [-0.2, 0) is 4.74 Å². The van der Waals surface area contributed by atoms with E-state index in [4.69, 9.17) is 4.74 Å². The predicted octanol–water partition coefficient (Wildman–Crippen LogP) is 2.17. The van der Waals surface area contributed by atoms with Crippen LogP contribution in [-0.4, -0.2) is 13.8 Å². The minimum absolute atomic E-state index is 0.539. The molecule has 0 radical (unpaired) electrons. The summed E-state index contributed by atoms with van der Waals surface area (Å²) < 4.78 is 5.40. The Kier molecular flexibility index (Phi) is 1.66. The van der Waals surface area contributed by atoms with Crippen LogP contribution in [0.15, 0.2) is 12.3 Å². The van der Waals surface area contributed by atoms with Crippen molar-refractivity contribution in [2.45, 2.75) is 31.8 Å². The fourth-order valence-corrected chi connectivity index (χ4v) is 2.27. The maximum atomic E-state index is 5.40. The zero-order chi connectivity index (χ0) is 6.91. The van der Waals surface area contributed by atoms with Crippen LogP contribution in [0.2, 0.25) is 19.6 Å². The lowest BCUT2D eigenvalue weighted by Crippen LogP contribution is -2.37. The molecule has 9 heavy (non-hydrogen) atoms. The highest BCUT2D eigenvalue weighted by Crippen LogP contribution is 2.19. The molecule has 0 saturated heterocycles. The zero-order valence-electron chi connectivity index (χ0n) is 6.35. The number of hydrogen-bond donors (Lipinski definition) is 0. The van der Waals surface area contributed by atoms with Crippen molar-refractivity contribution >= 4 is 8.07 Å². The van der Waals surface area contributed by atoms with Crippen LogP contribution >= 0.6 is 0 Å². The van der Waals surface area contributed by atoms with Crippen LogP contribution in [0.3, 0.4) is 0 Å². The smallest absolute Gasteiger partial charge is 0.0936 e. The number of ether oxygens (including phenoxy) is 1. The van der Waals surface area contributed by atoms with E-state index in [1.165, 1.54) is 0 Å². The van der Waals surface area contributed by atoms with Crippen molar-refractivity contribution in [1.82, 2.24) is 0 Å². The molecule has 1 aliphatic heterocycles. The van der Waals surface area contributed by atoms with E-state index >= 15 is 0 Å². The van der Waals surface area contributed by atoms with Gasteiger partial charge in [-0.2, -0.15) is 0 Å². The minimum atomic E-state index is -1.01. The van der Waals surface area contributed by atoms with Crippen molar-refractivity contribution in [3.63, 3.8) is 0 Å². The SMILES string of the molecule is C[Si](C)(C)C1CC=CO1. The molecule has 0 aromatic heterocycles. The Morgan fingerprint density at radius 1 is 1.44 bits per heavy atom. The Balaban J connectivity index is 2.46. The second-order valence-electron chi connectivity index (χ2n) is 3.60. The minimum Gasteiger partial charge on any atom is -0.502 e. The van der Waals surface area contributed by atoms with Gasteiger partial charge in [0.15, 0.2) is 0 Å². The number of hydrogen-bond acceptors (Lipinski definition) is 1. The summed E-state index contributed by atoms with van der Waals surface area (Å²) in [4.78, 5) is 0. The Labute approximate surface area is 57.7 Å². The first-order valence-corrected chi connectivity index (χ1v) is 6.99. The van der Waals surface area contributed by atoms with Crippen molar-refractivity contribution in [3.8, 4) is 0 Å². The van der Waals surface area contributed by atoms with Crippen molar-refractivity contribution in [1.29, 1.82) is 0 Å². The van der Waals surface area contributed by atoms with Crippen LogP contribution < -0.4 is 0 Å². The highest BCUT2D eigenvalue weighted by molar-refractivity contribution is 6.77. The van der Waals surface area contributed by atoms with Gasteiger partial charge in [-0.3, -0.25) is 0 Å².